The smallest absolute Gasteiger partial charge is 0.140 e. The Morgan fingerprint density at radius 3 is 1.72 bits per heavy atom. The van der Waals surface area contributed by atoms with Gasteiger partial charge in [0.1, 0.15) is 22.7 Å². The molecule has 3 nitrogen and oxygen atoms in total. The quantitative estimate of drug-likeness (QED) is 0.178. The van der Waals surface area contributed by atoms with Crippen LogP contribution in [0.15, 0.2) is 217 Å². The fraction of sp³-hybridized carbons (Fsp3) is 0.0175. The van der Waals surface area contributed by atoms with E-state index in [0.29, 0.717) is 0 Å². The predicted octanol–water partition coefficient (Wildman–Crippen LogP) is 15.5. The summed E-state index contributed by atoms with van der Waals surface area (Å²) in [5.74, 6) is 1.84. The van der Waals surface area contributed by atoms with Crippen molar-refractivity contribution in [2.24, 2.45) is 0 Å². The summed E-state index contributed by atoms with van der Waals surface area (Å²) in [6.07, 6.45) is 0. The van der Waals surface area contributed by atoms with E-state index in [1.807, 2.05) is 12.1 Å². The minimum atomic E-state index is -0.639. The maximum Gasteiger partial charge on any atom is 0.140 e. The molecule has 0 N–H and O–H groups in total. The summed E-state index contributed by atoms with van der Waals surface area (Å²) in [6.45, 7) is 0. The van der Waals surface area contributed by atoms with Crippen LogP contribution in [-0.4, -0.2) is 0 Å². The second kappa shape index (κ2) is 12.6. The molecule has 60 heavy (non-hydrogen) atoms. The average molecular weight is 766 g/mol. The number of hydrogen-bond donors (Lipinski definition) is 0. The van der Waals surface area contributed by atoms with Gasteiger partial charge in [0.05, 0.1) is 11.1 Å². The molecule has 0 atom stereocenters. The van der Waals surface area contributed by atoms with Crippen molar-refractivity contribution in [2.75, 3.05) is 4.90 Å². The van der Waals surface area contributed by atoms with Gasteiger partial charge in [0.25, 0.3) is 0 Å². The van der Waals surface area contributed by atoms with E-state index < -0.39 is 5.41 Å². The molecule has 1 aliphatic carbocycles. The molecule has 11 aromatic rings. The number of fused-ring (bicyclic) bond motifs is 16. The highest BCUT2D eigenvalue weighted by Crippen LogP contribution is 2.64. The molecule has 1 aliphatic heterocycles. The summed E-state index contributed by atoms with van der Waals surface area (Å²) >= 11 is 0. The van der Waals surface area contributed by atoms with E-state index in [2.05, 4.69) is 205 Å². The molecule has 2 aliphatic rings. The Morgan fingerprint density at radius 1 is 0.350 bits per heavy atom. The van der Waals surface area contributed by atoms with Gasteiger partial charge >= 0.3 is 0 Å². The zero-order valence-corrected chi connectivity index (χ0v) is 32.5. The Balaban J connectivity index is 1.08. The van der Waals surface area contributed by atoms with Crippen molar-refractivity contribution in [3.8, 4) is 33.8 Å². The van der Waals surface area contributed by atoms with Crippen molar-refractivity contribution in [3.63, 3.8) is 0 Å². The highest BCUT2D eigenvalue weighted by Gasteiger charge is 2.52. The first-order valence-electron chi connectivity index (χ1n) is 20.6. The lowest BCUT2D eigenvalue weighted by atomic mass is 9.65. The molecule has 10 aromatic carbocycles. The summed E-state index contributed by atoms with van der Waals surface area (Å²) in [5, 5.41) is 6.74. The fourth-order valence-electron chi connectivity index (χ4n) is 10.3. The van der Waals surface area contributed by atoms with Crippen LogP contribution >= 0.6 is 0 Å². The van der Waals surface area contributed by atoms with Gasteiger partial charge in [-0.3, -0.25) is 0 Å². The van der Waals surface area contributed by atoms with Crippen LogP contribution in [0.3, 0.4) is 0 Å². The predicted molar refractivity (Wildman–Crippen MR) is 246 cm³/mol. The van der Waals surface area contributed by atoms with Crippen LogP contribution in [0, 0.1) is 0 Å². The summed E-state index contributed by atoms with van der Waals surface area (Å²) in [4.78, 5) is 2.38. The van der Waals surface area contributed by atoms with Crippen molar-refractivity contribution < 1.29 is 9.15 Å². The van der Waals surface area contributed by atoms with Crippen LogP contribution in [0.2, 0.25) is 0 Å². The van der Waals surface area contributed by atoms with Gasteiger partial charge in [0.2, 0.25) is 0 Å². The molecule has 0 fully saturated rings. The summed E-state index contributed by atoms with van der Waals surface area (Å²) in [6, 6.07) is 76.8. The van der Waals surface area contributed by atoms with Gasteiger partial charge < -0.3 is 14.1 Å². The molecule has 2 heterocycles. The van der Waals surface area contributed by atoms with E-state index >= 15 is 0 Å². The molecule has 280 valence electrons. The first kappa shape index (κ1) is 33.1. The van der Waals surface area contributed by atoms with Crippen LogP contribution in [0.25, 0.3) is 65.7 Å². The fourth-order valence-corrected chi connectivity index (χ4v) is 10.3. The monoisotopic (exact) mass is 765 g/mol. The summed E-state index contributed by atoms with van der Waals surface area (Å²) in [5.41, 5.74) is 14.0. The lowest BCUT2D eigenvalue weighted by Crippen LogP contribution is -2.32. The number of hydrogen-bond acceptors (Lipinski definition) is 3. The number of anilines is 3. The van der Waals surface area contributed by atoms with Crippen molar-refractivity contribution in [3.05, 3.63) is 235 Å². The van der Waals surface area contributed by atoms with E-state index in [1.54, 1.807) is 0 Å². The summed E-state index contributed by atoms with van der Waals surface area (Å²) < 4.78 is 13.5. The zero-order chi connectivity index (χ0) is 39.4. The molecular weight excluding hydrogens is 731 g/mol. The van der Waals surface area contributed by atoms with Crippen molar-refractivity contribution >= 4 is 60.5 Å². The third kappa shape index (κ3) is 4.54. The van der Waals surface area contributed by atoms with Crippen molar-refractivity contribution in [1.29, 1.82) is 0 Å². The summed E-state index contributed by atoms with van der Waals surface area (Å²) in [7, 11) is 0. The Kier molecular flexibility index (Phi) is 6.93. The molecule has 0 amide bonds. The van der Waals surface area contributed by atoms with E-state index in [9.17, 15) is 0 Å². The second-order valence-electron chi connectivity index (χ2n) is 16.0. The number of ether oxygens (including phenoxy) is 1. The highest BCUT2D eigenvalue weighted by molar-refractivity contribution is 6.07. The maximum atomic E-state index is 7.22. The second-order valence-corrected chi connectivity index (χ2v) is 16.0. The van der Waals surface area contributed by atoms with Crippen LogP contribution in [0.4, 0.5) is 17.1 Å². The van der Waals surface area contributed by atoms with Crippen LogP contribution in [0.1, 0.15) is 22.3 Å². The van der Waals surface area contributed by atoms with Gasteiger partial charge in [-0.2, -0.15) is 0 Å². The zero-order valence-electron chi connectivity index (χ0n) is 32.5. The first-order chi connectivity index (χ1) is 29.8. The lowest BCUT2D eigenvalue weighted by molar-refractivity contribution is 0.447. The molecule has 0 saturated carbocycles. The molecule has 0 bridgehead atoms. The van der Waals surface area contributed by atoms with Gasteiger partial charge in [-0.25, -0.2) is 0 Å². The van der Waals surface area contributed by atoms with Crippen molar-refractivity contribution in [2.45, 2.75) is 5.41 Å². The molecule has 3 heteroatoms. The number of para-hydroxylation sites is 3. The van der Waals surface area contributed by atoms with Gasteiger partial charge in [-0.05, 0) is 87.1 Å². The lowest BCUT2D eigenvalue weighted by Gasteiger charge is -2.40. The van der Waals surface area contributed by atoms with Gasteiger partial charge in [0, 0.05) is 49.6 Å². The molecule has 13 rings (SSSR count). The minimum absolute atomic E-state index is 0.639. The Morgan fingerprint density at radius 2 is 0.950 bits per heavy atom. The molecule has 0 radical (unpaired) electrons. The van der Waals surface area contributed by atoms with E-state index in [0.717, 1.165) is 94.3 Å². The molecular formula is C57H35NO2. The number of rotatable bonds is 4. The van der Waals surface area contributed by atoms with E-state index in [-0.39, 0.29) is 0 Å². The molecule has 1 aromatic heterocycles. The molecule has 0 unspecified atom stereocenters. The van der Waals surface area contributed by atoms with Crippen LogP contribution < -0.4 is 9.64 Å². The number of benzene rings is 10. The molecule has 0 saturated heterocycles. The normalized spacial score (nSPS) is 13.3. The van der Waals surface area contributed by atoms with Crippen molar-refractivity contribution in [1.82, 2.24) is 0 Å². The average Bonchev–Trinajstić information content (AvgIpc) is 3.83. The molecule has 1 spiro atoms. The number of furan rings is 1. The topological polar surface area (TPSA) is 25.6 Å². The van der Waals surface area contributed by atoms with Gasteiger partial charge in [0.15, 0.2) is 0 Å². The standard InChI is InChI=1S/C57H35NO2/c1-2-16-39(17-3-1)58(40-29-33-54-47(35-40)46-22-10-13-25-53(46)59-54)52-24-12-9-18-41(52)38-26-30-45-44-21-8-11-23-48(44)57(51(45)34-38)49-31-27-36-14-4-6-19-42(36)55(49)60-56-43-20-7-5-15-37(43)28-32-50(56)57/h1-35H. The largest absolute Gasteiger partial charge is 0.456 e. The van der Waals surface area contributed by atoms with E-state index in [1.165, 1.54) is 22.3 Å². The Bertz CT molecular complexity index is 3460. The SMILES string of the molecule is c1ccc(N(c2ccc3oc4ccccc4c3c2)c2ccccc2-c2ccc3c(c2)C2(c4ccccc4-3)c3ccc4ccccc4c3Oc3c2ccc2ccccc32)cc1. The first-order valence-corrected chi connectivity index (χ1v) is 20.6. The maximum absolute atomic E-state index is 7.22. The highest BCUT2D eigenvalue weighted by atomic mass is 16.5. The number of nitrogens with zero attached hydrogens (tertiary/aromatic N) is 1. The van der Waals surface area contributed by atoms with Gasteiger partial charge in [-0.15, -0.1) is 0 Å². The van der Waals surface area contributed by atoms with Crippen LogP contribution in [0.5, 0.6) is 11.5 Å². The third-order valence-electron chi connectivity index (χ3n) is 12.9. The van der Waals surface area contributed by atoms with Crippen LogP contribution in [-0.2, 0) is 5.41 Å². The Labute approximate surface area is 347 Å². The minimum Gasteiger partial charge on any atom is -0.456 e. The third-order valence-corrected chi connectivity index (χ3v) is 12.9. The van der Waals surface area contributed by atoms with Gasteiger partial charge in [-0.1, -0.05) is 164 Å². The van der Waals surface area contributed by atoms with E-state index in [4.69, 9.17) is 9.15 Å². The Hall–Kier alpha value is -7.88.